The first-order valence-electron chi connectivity index (χ1n) is 3.84. The maximum atomic E-state index is 11.7. The minimum atomic E-state index is -3.26. The molecule has 0 atom stereocenters. The smallest absolute Gasteiger partial charge is 0.389 e. The topological polar surface area (TPSA) is 63.6 Å². The minimum absolute atomic E-state index is 0.372. The zero-order chi connectivity index (χ0) is 11.4. The van der Waals surface area contributed by atoms with Crippen LogP contribution in [-0.4, -0.2) is 23.7 Å². The van der Waals surface area contributed by atoms with Gasteiger partial charge in [-0.3, -0.25) is 0 Å². The van der Waals surface area contributed by atoms with Crippen LogP contribution in [0.3, 0.4) is 0 Å². The van der Waals surface area contributed by atoms with Crippen molar-refractivity contribution in [2.24, 2.45) is 0 Å². The lowest BCUT2D eigenvalue weighted by Gasteiger charge is -2.05. The molecule has 15 heavy (non-hydrogen) atoms. The van der Waals surface area contributed by atoms with E-state index in [0.717, 1.165) is 12.1 Å². The molecule has 4 nitrogen and oxygen atoms in total. The van der Waals surface area contributed by atoms with Gasteiger partial charge >= 0.3 is 18.6 Å². The fraction of sp³-hybridized carbons (Fsp3) is 0.111. The van der Waals surface area contributed by atoms with Crippen LogP contribution in [0.25, 0.3) is 0 Å². The molecule has 0 heterocycles. The van der Waals surface area contributed by atoms with E-state index >= 15 is 0 Å². The molecular weight excluding hydrogens is 210 g/mol. The van der Waals surface area contributed by atoms with E-state index in [1.165, 1.54) is 12.1 Å². The first-order valence-corrected chi connectivity index (χ1v) is 3.84. The molecule has 1 N–H and O–H groups in total. The molecule has 0 aromatic heterocycles. The van der Waals surface area contributed by atoms with E-state index in [9.17, 15) is 18.4 Å². The Morgan fingerprint density at radius 1 is 1.20 bits per heavy atom. The third-order valence-corrected chi connectivity index (χ3v) is 1.57. The van der Waals surface area contributed by atoms with E-state index < -0.39 is 24.1 Å². The van der Waals surface area contributed by atoms with Crippen LogP contribution in [0.5, 0.6) is 0 Å². The maximum Gasteiger partial charge on any atom is 0.389 e. The van der Waals surface area contributed by atoms with Gasteiger partial charge in [0, 0.05) is 0 Å². The van der Waals surface area contributed by atoms with E-state index in [1.807, 2.05) is 0 Å². The summed E-state index contributed by atoms with van der Waals surface area (Å²) in [6.07, 6.45) is 0. The summed E-state index contributed by atoms with van der Waals surface area (Å²) in [5.74, 6) is -2.74. The zero-order valence-corrected chi connectivity index (χ0v) is 7.31. The van der Waals surface area contributed by atoms with Gasteiger partial charge in [0.15, 0.2) is 0 Å². The summed E-state index contributed by atoms with van der Waals surface area (Å²) in [5.41, 5.74) is -0.770. The normalized spacial score (nSPS) is 10.1. The summed E-state index contributed by atoms with van der Waals surface area (Å²) in [7, 11) is 0. The van der Waals surface area contributed by atoms with Crippen LogP contribution in [0, 0.1) is 0 Å². The number of carboxylic acids is 1. The molecule has 0 aliphatic carbocycles. The molecule has 0 aliphatic heterocycles. The monoisotopic (exact) mass is 216 g/mol. The van der Waals surface area contributed by atoms with Crippen molar-refractivity contribution in [3.63, 3.8) is 0 Å². The van der Waals surface area contributed by atoms with Crippen molar-refractivity contribution in [1.82, 2.24) is 0 Å². The van der Waals surface area contributed by atoms with Gasteiger partial charge in [0.1, 0.15) is 0 Å². The number of esters is 1. The summed E-state index contributed by atoms with van der Waals surface area (Å²) in [5, 5.41) is 8.65. The first kappa shape index (κ1) is 11.1. The number of carbonyl (C=O) groups excluding carboxylic acids is 1. The van der Waals surface area contributed by atoms with Crippen LogP contribution in [0.4, 0.5) is 8.78 Å². The Bertz CT molecular complexity index is 389. The SMILES string of the molecule is O=C(O)c1ccccc1C(=O)OC(F)F. The van der Waals surface area contributed by atoms with Gasteiger partial charge in [-0.25, -0.2) is 9.59 Å². The Labute approximate surface area is 83.1 Å². The van der Waals surface area contributed by atoms with Crippen LogP contribution in [0.15, 0.2) is 24.3 Å². The summed E-state index contributed by atoms with van der Waals surface area (Å²) in [4.78, 5) is 21.6. The average molecular weight is 216 g/mol. The van der Waals surface area contributed by atoms with Gasteiger partial charge in [-0.2, -0.15) is 8.78 Å². The average Bonchev–Trinajstić information content (AvgIpc) is 2.16. The Morgan fingerprint density at radius 3 is 2.20 bits per heavy atom. The van der Waals surface area contributed by atoms with Crippen molar-refractivity contribution in [3.05, 3.63) is 35.4 Å². The number of ether oxygens (including phenoxy) is 1. The number of rotatable bonds is 3. The number of carbonyl (C=O) groups is 2. The van der Waals surface area contributed by atoms with Gasteiger partial charge in [0.05, 0.1) is 11.1 Å². The van der Waals surface area contributed by atoms with E-state index in [2.05, 4.69) is 4.74 Å². The third kappa shape index (κ3) is 2.73. The lowest BCUT2D eigenvalue weighted by Crippen LogP contribution is -2.14. The number of aromatic carboxylic acids is 1. The fourth-order valence-corrected chi connectivity index (χ4v) is 0.992. The quantitative estimate of drug-likeness (QED) is 0.782. The number of alkyl halides is 2. The molecule has 0 fully saturated rings. The fourth-order valence-electron chi connectivity index (χ4n) is 0.992. The second kappa shape index (κ2) is 4.50. The van der Waals surface area contributed by atoms with E-state index in [-0.39, 0.29) is 5.56 Å². The van der Waals surface area contributed by atoms with Crippen LogP contribution in [0.1, 0.15) is 20.7 Å². The van der Waals surface area contributed by atoms with Gasteiger partial charge < -0.3 is 9.84 Å². The van der Waals surface area contributed by atoms with Crippen molar-refractivity contribution < 1.29 is 28.2 Å². The number of hydrogen-bond donors (Lipinski definition) is 1. The lowest BCUT2D eigenvalue weighted by atomic mass is 10.1. The Morgan fingerprint density at radius 2 is 1.73 bits per heavy atom. The molecule has 0 spiro atoms. The van der Waals surface area contributed by atoms with Crippen molar-refractivity contribution >= 4 is 11.9 Å². The number of hydrogen-bond acceptors (Lipinski definition) is 3. The molecule has 1 aromatic carbocycles. The van der Waals surface area contributed by atoms with Crippen molar-refractivity contribution in [3.8, 4) is 0 Å². The number of carboxylic acid groups (broad SMARTS) is 1. The van der Waals surface area contributed by atoms with Gasteiger partial charge in [0.2, 0.25) is 0 Å². The summed E-state index contributed by atoms with van der Waals surface area (Å²) < 4.78 is 27.0. The molecule has 0 saturated heterocycles. The van der Waals surface area contributed by atoms with Crippen LogP contribution < -0.4 is 0 Å². The molecule has 1 aromatic rings. The maximum absolute atomic E-state index is 11.7. The largest absolute Gasteiger partial charge is 0.478 e. The molecule has 6 heteroatoms. The van der Waals surface area contributed by atoms with Crippen LogP contribution in [-0.2, 0) is 4.74 Å². The molecular formula is C9H6F2O4. The Balaban J connectivity index is 3.03. The zero-order valence-electron chi connectivity index (χ0n) is 7.31. The predicted octanol–water partition coefficient (Wildman–Crippen LogP) is 1.76. The van der Waals surface area contributed by atoms with Crippen molar-refractivity contribution in [1.29, 1.82) is 0 Å². The number of benzene rings is 1. The second-order valence-electron chi connectivity index (χ2n) is 2.52. The van der Waals surface area contributed by atoms with Gasteiger partial charge in [0.25, 0.3) is 0 Å². The van der Waals surface area contributed by atoms with Gasteiger partial charge in [-0.1, -0.05) is 12.1 Å². The highest BCUT2D eigenvalue weighted by Crippen LogP contribution is 2.12. The minimum Gasteiger partial charge on any atom is -0.478 e. The number of halogens is 2. The summed E-state index contributed by atoms with van der Waals surface area (Å²) in [6.45, 7) is -3.26. The summed E-state index contributed by atoms with van der Waals surface area (Å²) in [6, 6.07) is 4.97. The molecule has 0 aliphatic rings. The molecule has 80 valence electrons. The van der Waals surface area contributed by atoms with E-state index in [0.29, 0.717) is 0 Å². The lowest BCUT2D eigenvalue weighted by molar-refractivity contribution is -0.0907. The molecule has 0 amide bonds. The molecule has 1 rings (SSSR count). The Hall–Kier alpha value is -1.98. The van der Waals surface area contributed by atoms with E-state index in [4.69, 9.17) is 5.11 Å². The van der Waals surface area contributed by atoms with E-state index in [1.54, 1.807) is 0 Å². The third-order valence-electron chi connectivity index (χ3n) is 1.57. The summed E-state index contributed by atoms with van der Waals surface area (Å²) >= 11 is 0. The molecule has 0 saturated carbocycles. The Kier molecular flexibility index (Phi) is 3.33. The molecule has 0 radical (unpaired) electrons. The highest BCUT2D eigenvalue weighted by molar-refractivity contribution is 6.02. The van der Waals surface area contributed by atoms with Gasteiger partial charge in [-0.05, 0) is 12.1 Å². The highest BCUT2D eigenvalue weighted by atomic mass is 19.3. The highest BCUT2D eigenvalue weighted by Gasteiger charge is 2.19. The molecule has 0 bridgehead atoms. The first-order chi connectivity index (χ1) is 7.02. The van der Waals surface area contributed by atoms with Crippen molar-refractivity contribution in [2.45, 2.75) is 6.61 Å². The second-order valence-corrected chi connectivity index (χ2v) is 2.52. The van der Waals surface area contributed by atoms with Crippen molar-refractivity contribution in [2.75, 3.05) is 0 Å². The van der Waals surface area contributed by atoms with Crippen LogP contribution >= 0.6 is 0 Å². The predicted molar refractivity (Wildman–Crippen MR) is 44.8 cm³/mol. The van der Waals surface area contributed by atoms with Crippen LogP contribution in [0.2, 0.25) is 0 Å². The standard InChI is InChI=1S/C9H6F2O4/c10-9(11)15-8(14)6-4-2-1-3-5(6)7(12)13/h1-4,9H,(H,12,13). The van der Waals surface area contributed by atoms with Gasteiger partial charge in [-0.15, -0.1) is 0 Å². The molecule has 0 unspecified atom stereocenters.